The second-order valence-corrected chi connectivity index (χ2v) is 5.82. The van der Waals surface area contributed by atoms with Gasteiger partial charge in [-0.05, 0) is 45.2 Å². The van der Waals surface area contributed by atoms with Gasteiger partial charge >= 0.3 is 5.97 Å². The molecule has 2 fully saturated rings. The highest BCUT2D eigenvalue weighted by Gasteiger charge is 2.40. The summed E-state index contributed by atoms with van der Waals surface area (Å²) < 4.78 is 5.68. The Bertz CT molecular complexity index is 349. The van der Waals surface area contributed by atoms with E-state index in [0.29, 0.717) is 13.0 Å². The van der Waals surface area contributed by atoms with E-state index in [-0.39, 0.29) is 18.4 Å². The van der Waals surface area contributed by atoms with Gasteiger partial charge in [0.15, 0.2) is 0 Å². The maximum atomic E-state index is 11.9. The van der Waals surface area contributed by atoms with Gasteiger partial charge in [0.05, 0.1) is 24.7 Å². The molecule has 1 amide bonds. The van der Waals surface area contributed by atoms with Crippen molar-refractivity contribution in [2.24, 2.45) is 0 Å². The van der Waals surface area contributed by atoms with Crippen LogP contribution in [0.3, 0.4) is 0 Å². The number of carbonyl (C=O) groups excluding carboxylic acids is 1. The van der Waals surface area contributed by atoms with Crippen LogP contribution in [0.4, 0.5) is 0 Å². The standard InChI is InChI=1S/C14H24N2O4/c17-12(4-9-20-11-2-7-15-8-3-11)16-14(5-1-6-14)10-13(18)19/h11,15H,1-10H2,(H,16,17)(H,18,19). The molecule has 6 heteroatoms. The molecule has 6 nitrogen and oxygen atoms in total. The van der Waals surface area contributed by atoms with Gasteiger partial charge in [0, 0.05) is 6.42 Å². The van der Waals surface area contributed by atoms with Gasteiger partial charge in [-0.25, -0.2) is 0 Å². The van der Waals surface area contributed by atoms with E-state index >= 15 is 0 Å². The number of nitrogens with one attached hydrogen (secondary N) is 2. The summed E-state index contributed by atoms with van der Waals surface area (Å²) in [6.45, 7) is 2.36. The third-order valence-corrected chi connectivity index (χ3v) is 4.17. The summed E-state index contributed by atoms with van der Waals surface area (Å²) in [5.41, 5.74) is -0.502. The predicted octanol–water partition coefficient (Wildman–Crippen LogP) is 0.659. The monoisotopic (exact) mass is 284 g/mol. The third kappa shape index (κ3) is 4.45. The van der Waals surface area contributed by atoms with Crippen LogP contribution in [-0.2, 0) is 14.3 Å². The fourth-order valence-electron chi connectivity index (χ4n) is 2.88. The predicted molar refractivity (Wildman–Crippen MR) is 73.4 cm³/mol. The molecule has 2 aliphatic rings. The minimum Gasteiger partial charge on any atom is -0.481 e. The summed E-state index contributed by atoms with van der Waals surface area (Å²) in [4.78, 5) is 22.7. The van der Waals surface area contributed by atoms with Gasteiger partial charge in [0.25, 0.3) is 0 Å². The van der Waals surface area contributed by atoms with E-state index in [0.717, 1.165) is 45.2 Å². The average Bonchev–Trinajstić information content (AvgIpc) is 2.37. The number of amides is 1. The number of carboxylic acid groups (broad SMARTS) is 1. The maximum Gasteiger partial charge on any atom is 0.305 e. The number of piperidine rings is 1. The molecule has 0 spiro atoms. The minimum absolute atomic E-state index is 0.0217. The minimum atomic E-state index is -0.851. The molecule has 1 aliphatic carbocycles. The lowest BCUT2D eigenvalue weighted by Crippen LogP contribution is -2.54. The molecule has 1 saturated heterocycles. The lowest BCUT2D eigenvalue weighted by molar-refractivity contribution is -0.140. The number of hydrogen-bond acceptors (Lipinski definition) is 4. The summed E-state index contributed by atoms with van der Waals surface area (Å²) in [6.07, 6.45) is 5.08. The Labute approximate surface area is 119 Å². The highest BCUT2D eigenvalue weighted by atomic mass is 16.5. The highest BCUT2D eigenvalue weighted by Crippen LogP contribution is 2.34. The van der Waals surface area contributed by atoms with Crippen molar-refractivity contribution in [1.29, 1.82) is 0 Å². The molecule has 3 N–H and O–H groups in total. The first kappa shape index (κ1) is 15.3. The van der Waals surface area contributed by atoms with Crippen LogP contribution in [0, 0.1) is 0 Å². The molecule has 1 saturated carbocycles. The molecule has 0 atom stereocenters. The largest absolute Gasteiger partial charge is 0.481 e. The van der Waals surface area contributed by atoms with E-state index in [1.807, 2.05) is 0 Å². The van der Waals surface area contributed by atoms with Gasteiger partial charge < -0.3 is 20.5 Å². The van der Waals surface area contributed by atoms with E-state index in [1.54, 1.807) is 0 Å². The SMILES string of the molecule is O=C(O)CC1(NC(=O)CCOC2CCNCC2)CCC1. The van der Waals surface area contributed by atoms with Crippen LogP contribution in [0.1, 0.15) is 44.9 Å². The van der Waals surface area contributed by atoms with Crippen molar-refractivity contribution in [3.05, 3.63) is 0 Å². The van der Waals surface area contributed by atoms with E-state index in [1.165, 1.54) is 0 Å². The topological polar surface area (TPSA) is 87.7 Å². The molecule has 0 aromatic carbocycles. The third-order valence-electron chi connectivity index (χ3n) is 4.17. The number of hydrogen-bond donors (Lipinski definition) is 3. The van der Waals surface area contributed by atoms with Crippen LogP contribution in [0.5, 0.6) is 0 Å². The molecule has 0 aromatic rings. The zero-order chi connectivity index (χ0) is 14.4. The Balaban J connectivity index is 1.65. The van der Waals surface area contributed by atoms with Gasteiger partial charge in [0.2, 0.25) is 5.91 Å². The summed E-state index contributed by atoms with van der Waals surface area (Å²) in [7, 11) is 0. The second-order valence-electron chi connectivity index (χ2n) is 5.82. The number of ether oxygens (including phenoxy) is 1. The Hall–Kier alpha value is -1.14. The molecule has 0 aromatic heterocycles. The summed E-state index contributed by atoms with van der Waals surface area (Å²) in [5.74, 6) is -0.948. The van der Waals surface area contributed by atoms with Crippen molar-refractivity contribution >= 4 is 11.9 Å². The number of aliphatic carboxylic acids is 1. The van der Waals surface area contributed by atoms with Gasteiger partial charge in [-0.1, -0.05) is 0 Å². The lowest BCUT2D eigenvalue weighted by atomic mass is 9.74. The number of carboxylic acids is 1. The molecular weight excluding hydrogens is 260 g/mol. The van der Waals surface area contributed by atoms with Crippen molar-refractivity contribution in [1.82, 2.24) is 10.6 Å². The molecule has 1 aliphatic heterocycles. The Kier molecular flexibility index (Phi) is 5.37. The summed E-state index contributed by atoms with van der Waals surface area (Å²) >= 11 is 0. The second kappa shape index (κ2) is 7.04. The Morgan fingerprint density at radius 3 is 2.55 bits per heavy atom. The van der Waals surface area contributed by atoms with Crippen LogP contribution >= 0.6 is 0 Å². The van der Waals surface area contributed by atoms with Crippen LogP contribution in [-0.4, -0.2) is 48.3 Å². The average molecular weight is 284 g/mol. The highest BCUT2D eigenvalue weighted by molar-refractivity contribution is 5.78. The molecule has 114 valence electrons. The molecule has 2 rings (SSSR count). The first-order chi connectivity index (χ1) is 9.60. The van der Waals surface area contributed by atoms with E-state index in [4.69, 9.17) is 9.84 Å². The lowest BCUT2D eigenvalue weighted by Gasteiger charge is -2.41. The zero-order valence-corrected chi connectivity index (χ0v) is 11.8. The summed E-state index contributed by atoms with van der Waals surface area (Å²) in [5, 5.41) is 15.0. The van der Waals surface area contributed by atoms with Gasteiger partial charge in [-0.15, -0.1) is 0 Å². The fourth-order valence-corrected chi connectivity index (χ4v) is 2.88. The first-order valence-corrected chi connectivity index (χ1v) is 7.45. The van der Waals surface area contributed by atoms with E-state index in [2.05, 4.69) is 10.6 Å². The van der Waals surface area contributed by atoms with E-state index in [9.17, 15) is 9.59 Å². The molecule has 0 bridgehead atoms. The first-order valence-electron chi connectivity index (χ1n) is 7.45. The van der Waals surface area contributed by atoms with Gasteiger partial charge in [-0.3, -0.25) is 9.59 Å². The Morgan fingerprint density at radius 2 is 2.00 bits per heavy atom. The molecular formula is C14H24N2O4. The number of rotatable bonds is 7. The van der Waals surface area contributed by atoms with Crippen molar-refractivity contribution in [3.8, 4) is 0 Å². The zero-order valence-electron chi connectivity index (χ0n) is 11.8. The summed E-state index contributed by atoms with van der Waals surface area (Å²) in [6, 6.07) is 0. The van der Waals surface area contributed by atoms with Crippen LogP contribution < -0.4 is 10.6 Å². The molecule has 1 heterocycles. The van der Waals surface area contributed by atoms with Crippen molar-refractivity contribution in [2.45, 2.75) is 56.6 Å². The molecule has 0 unspecified atom stereocenters. The fraction of sp³-hybridized carbons (Fsp3) is 0.857. The van der Waals surface area contributed by atoms with Crippen molar-refractivity contribution in [3.63, 3.8) is 0 Å². The van der Waals surface area contributed by atoms with Gasteiger partial charge in [-0.2, -0.15) is 0 Å². The molecule has 0 radical (unpaired) electrons. The van der Waals surface area contributed by atoms with Crippen molar-refractivity contribution in [2.75, 3.05) is 19.7 Å². The Morgan fingerprint density at radius 1 is 1.30 bits per heavy atom. The number of carbonyl (C=O) groups is 2. The van der Waals surface area contributed by atoms with E-state index < -0.39 is 11.5 Å². The maximum absolute atomic E-state index is 11.9. The van der Waals surface area contributed by atoms with Crippen LogP contribution in [0.15, 0.2) is 0 Å². The van der Waals surface area contributed by atoms with Gasteiger partial charge in [0.1, 0.15) is 0 Å². The quantitative estimate of drug-likeness (QED) is 0.639. The van der Waals surface area contributed by atoms with Crippen LogP contribution in [0.25, 0.3) is 0 Å². The molecule has 20 heavy (non-hydrogen) atoms. The van der Waals surface area contributed by atoms with Crippen LogP contribution in [0.2, 0.25) is 0 Å². The normalized spacial score (nSPS) is 22.0. The van der Waals surface area contributed by atoms with Crippen molar-refractivity contribution < 1.29 is 19.4 Å². The smallest absolute Gasteiger partial charge is 0.305 e.